The summed E-state index contributed by atoms with van der Waals surface area (Å²) in [5, 5.41) is 18.0. The van der Waals surface area contributed by atoms with Gasteiger partial charge in [0.25, 0.3) is 0 Å². The van der Waals surface area contributed by atoms with Gasteiger partial charge in [0.15, 0.2) is 4.34 Å². The molecule has 0 amide bonds. The first-order valence-electron chi connectivity index (χ1n) is 4.37. The van der Waals surface area contributed by atoms with Crippen molar-refractivity contribution in [3.8, 4) is 6.07 Å². The maximum atomic E-state index is 9.06. The zero-order valence-corrected chi connectivity index (χ0v) is 11.5. The van der Waals surface area contributed by atoms with Crippen LogP contribution in [0.3, 0.4) is 0 Å². The van der Waals surface area contributed by atoms with Crippen molar-refractivity contribution >= 4 is 39.0 Å². The van der Waals surface area contributed by atoms with Crippen molar-refractivity contribution in [1.82, 2.24) is 10.2 Å². The maximum absolute atomic E-state index is 9.06. The Hall–Kier alpha value is -0.900. The van der Waals surface area contributed by atoms with Crippen LogP contribution in [0.1, 0.15) is 10.6 Å². The van der Waals surface area contributed by atoms with Gasteiger partial charge in [-0.05, 0) is 35.0 Å². The van der Waals surface area contributed by atoms with Crippen LogP contribution in [-0.2, 0) is 0 Å². The molecule has 1 aromatic heterocycles. The van der Waals surface area contributed by atoms with Crippen molar-refractivity contribution in [2.24, 2.45) is 0 Å². The van der Waals surface area contributed by atoms with Crippen molar-refractivity contribution in [3.63, 3.8) is 0 Å². The summed E-state index contributed by atoms with van der Waals surface area (Å²) in [7, 11) is 0. The Kier molecular flexibility index (Phi) is 3.59. The predicted octanol–water partition coefficient (Wildman–Crippen LogP) is 3.63. The average molecular weight is 312 g/mol. The molecule has 6 heteroatoms. The Morgan fingerprint density at radius 1 is 1.44 bits per heavy atom. The van der Waals surface area contributed by atoms with Crippen molar-refractivity contribution in [3.05, 3.63) is 33.2 Å². The lowest BCUT2D eigenvalue weighted by Crippen LogP contribution is -1.82. The van der Waals surface area contributed by atoms with Crippen molar-refractivity contribution < 1.29 is 0 Å². The zero-order chi connectivity index (χ0) is 11.5. The van der Waals surface area contributed by atoms with E-state index in [4.69, 9.17) is 5.26 Å². The smallest absolute Gasteiger partial charge is 0.179 e. The number of rotatable bonds is 2. The van der Waals surface area contributed by atoms with Crippen molar-refractivity contribution in [2.45, 2.75) is 16.2 Å². The SMILES string of the molecule is Cc1nnc(Sc2cccc(Br)c2C#N)s1. The second kappa shape index (κ2) is 4.95. The van der Waals surface area contributed by atoms with E-state index in [0.29, 0.717) is 5.56 Å². The van der Waals surface area contributed by atoms with E-state index < -0.39 is 0 Å². The molecule has 0 saturated carbocycles. The van der Waals surface area contributed by atoms with Gasteiger partial charge in [-0.2, -0.15) is 5.26 Å². The molecule has 0 fully saturated rings. The van der Waals surface area contributed by atoms with Gasteiger partial charge in [-0.15, -0.1) is 10.2 Å². The van der Waals surface area contributed by atoms with E-state index in [0.717, 1.165) is 18.7 Å². The lowest BCUT2D eigenvalue weighted by Gasteiger charge is -2.01. The molecule has 0 N–H and O–H groups in total. The molecule has 0 atom stereocenters. The summed E-state index contributed by atoms with van der Waals surface area (Å²) in [5.74, 6) is 0. The van der Waals surface area contributed by atoms with Gasteiger partial charge in [0.05, 0.1) is 5.56 Å². The highest BCUT2D eigenvalue weighted by Gasteiger charge is 2.09. The molecule has 80 valence electrons. The van der Waals surface area contributed by atoms with Gasteiger partial charge in [0.2, 0.25) is 0 Å². The van der Waals surface area contributed by atoms with Crippen LogP contribution in [0.2, 0.25) is 0 Å². The Morgan fingerprint density at radius 2 is 2.25 bits per heavy atom. The number of aryl methyl sites for hydroxylation is 1. The first-order valence-corrected chi connectivity index (χ1v) is 6.80. The van der Waals surface area contributed by atoms with E-state index in [1.165, 1.54) is 23.1 Å². The molecule has 0 unspecified atom stereocenters. The molecule has 0 aliphatic carbocycles. The Labute approximate surface area is 110 Å². The van der Waals surface area contributed by atoms with E-state index in [2.05, 4.69) is 32.2 Å². The second-order valence-electron chi connectivity index (χ2n) is 2.91. The van der Waals surface area contributed by atoms with Gasteiger partial charge in [0, 0.05) is 9.37 Å². The lowest BCUT2D eigenvalue weighted by atomic mass is 10.2. The number of aromatic nitrogens is 2. The lowest BCUT2D eigenvalue weighted by molar-refractivity contribution is 0.983. The van der Waals surface area contributed by atoms with E-state index in [-0.39, 0.29) is 0 Å². The quantitative estimate of drug-likeness (QED) is 0.849. The van der Waals surface area contributed by atoms with Crippen molar-refractivity contribution in [2.75, 3.05) is 0 Å². The summed E-state index contributed by atoms with van der Waals surface area (Å²) in [5.41, 5.74) is 0.639. The summed E-state index contributed by atoms with van der Waals surface area (Å²) >= 11 is 6.35. The van der Waals surface area contributed by atoms with Crippen molar-refractivity contribution in [1.29, 1.82) is 5.26 Å². The summed E-state index contributed by atoms with van der Waals surface area (Å²) in [6, 6.07) is 7.85. The van der Waals surface area contributed by atoms with Gasteiger partial charge in [-0.3, -0.25) is 0 Å². The van der Waals surface area contributed by atoms with Gasteiger partial charge in [-0.1, -0.05) is 29.2 Å². The number of halogens is 1. The van der Waals surface area contributed by atoms with Gasteiger partial charge >= 0.3 is 0 Å². The normalized spacial score (nSPS) is 10.1. The van der Waals surface area contributed by atoms with Crippen LogP contribution >= 0.6 is 39.0 Å². The Bertz CT molecular complexity index is 559. The van der Waals surface area contributed by atoms with Gasteiger partial charge in [-0.25, -0.2) is 0 Å². The highest BCUT2D eigenvalue weighted by molar-refractivity contribution is 9.10. The van der Waals surface area contributed by atoms with E-state index in [9.17, 15) is 0 Å². The molecule has 2 rings (SSSR count). The number of hydrogen-bond acceptors (Lipinski definition) is 5. The molecule has 0 aliphatic rings. The topological polar surface area (TPSA) is 49.6 Å². The minimum absolute atomic E-state index is 0.639. The molecular weight excluding hydrogens is 306 g/mol. The second-order valence-corrected chi connectivity index (χ2v) is 6.24. The van der Waals surface area contributed by atoms with Crippen LogP contribution in [0.25, 0.3) is 0 Å². The molecule has 0 bridgehead atoms. The predicted molar refractivity (Wildman–Crippen MR) is 67.6 cm³/mol. The fraction of sp³-hybridized carbons (Fsp3) is 0.100. The molecule has 16 heavy (non-hydrogen) atoms. The van der Waals surface area contributed by atoms with E-state index in [1.807, 2.05) is 25.1 Å². The third-order valence-electron chi connectivity index (χ3n) is 1.79. The van der Waals surface area contributed by atoms with Gasteiger partial charge in [0.1, 0.15) is 11.1 Å². The Morgan fingerprint density at radius 3 is 2.88 bits per heavy atom. The van der Waals surface area contributed by atoms with Crippen LogP contribution in [0.15, 0.2) is 31.9 Å². The summed E-state index contributed by atoms with van der Waals surface area (Å²) < 4.78 is 1.66. The summed E-state index contributed by atoms with van der Waals surface area (Å²) in [6.45, 7) is 1.91. The highest BCUT2D eigenvalue weighted by atomic mass is 79.9. The third-order valence-corrected chi connectivity index (χ3v) is 4.40. The minimum atomic E-state index is 0.639. The summed E-state index contributed by atoms with van der Waals surface area (Å²) in [6.07, 6.45) is 0. The molecule has 0 radical (unpaired) electrons. The fourth-order valence-corrected chi connectivity index (χ4v) is 3.59. The van der Waals surface area contributed by atoms with E-state index in [1.54, 1.807) is 0 Å². The number of benzene rings is 1. The van der Waals surface area contributed by atoms with Gasteiger partial charge < -0.3 is 0 Å². The number of nitriles is 1. The van der Waals surface area contributed by atoms with Crippen LogP contribution < -0.4 is 0 Å². The number of nitrogens with zero attached hydrogens (tertiary/aromatic N) is 3. The zero-order valence-electron chi connectivity index (χ0n) is 8.27. The first-order chi connectivity index (χ1) is 7.70. The molecule has 3 nitrogen and oxygen atoms in total. The van der Waals surface area contributed by atoms with Crippen LogP contribution in [0.4, 0.5) is 0 Å². The Balaban J connectivity index is 2.35. The van der Waals surface area contributed by atoms with E-state index >= 15 is 0 Å². The molecule has 0 aliphatic heterocycles. The monoisotopic (exact) mass is 311 g/mol. The molecule has 1 heterocycles. The molecule has 0 saturated heterocycles. The number of hydrogen-bond donors (Lipinski definition) is 0. The molecule has 1 aromatic carbocycles. The highest BCUT2D eigenvalue weighted by Crippen LogP contribution is 2.34. The largest absolute Gasteiger partial charge is 0.192 e. The third kappa shape index (κ3) is 2.43. The van der Waals surface area contributed by atoms with Crippen LogP contribution in [0, 0.1) is 18.3 Å². The standard InChI is InChI=1S/C10H6BrN3S2/c1-6-13-14-10(15-6)16-9-4-2-3-8(11)7(9)5-12/h2-4H,1H3. The van der Waals surface area contributed by atoms with Crippen LogP contribution in [-0.4, -0.2) is 10.2 Å². The van der Waals surface area contributed by atoms with Crippen LogP contribution in [0.5, 0.6) is 0 Å². The molecule has 2 aromatic rings. The maximum Gasteiger partial charge on any atom is 0.179 e. The molecule has 0 spiro atoms. The summed E-state index contributed by atoms with van der Waals surface area (Å²) in [4.78, 5) is 0.896. The fourth-order valence-electron chi connectivity index (χ4n) is 1.11. The average Bonchev–Trinajstić information content (AvgIpc) is 2.64. The molecular formula is C10H6BrN3S2. The minimum Gasteiger partial charge on any atom is -0.192 e. The first kappa shape index (κ1) is 11.6.